The molecule has 2 nitrogen and oxygen atoms in total. The van der Waals surface area contributed by atoms with Gasteiger partial charge in [0.05, 0.1) is 13.5 Å². The van der Waals surface area contributed by atoms with Gasteiger partial charge in [0.15, 0.2) is 0 Å². The zero-order valence-electron chi connectivity index (χ0n) is 11.6. The monoisotopic (exact) mass is 266 g/mol. The number of hydrogen-bond acceptors (Lipinski definition) is 2. The molecule has 0 atom stereocenters. The average Bonchev–Trinajstić information content (AvgIpc) is 2.53. The van der Waals surface area contributed by atoms with Crippen LogP contribution in [0.5, 0.6) is 0 Å². The van der Waals surface area contributed by atoms with Gasteiger partial charge in [0, 0.05) is 0 Å². The van der Waals surface area contributed by atoms with Crippen molar-refractivity contribution in [2.45, 2.75) is 12.8 Å². The number of rotatable bonds is 5. The number of ether oxygens (including phenoxy) is 1. The van der Waals surface area contributed by atoms with E-state index in [0.717, 1.165) is 17.6 Å². The van der Waals surface area contributed by atoms with Crippen LogP contribution < -0.4 is 0 Å². The van der Waals surface area contributed by atoms with Crippen LogP contribution >= 0.6 is 0 Å². The molecule has 0 saturated heterocycles. The van der Waals surface area contributed by atoms with Crippen molar-refractivity contribution in [1.82, 2.24) is 0 Å². The SMILES string of the molecule is COC(=O)C/C(=C\Cc1ccccc1)c1ccccc1. The standard InChI is InChI=1S/C18H18O2/c1-20-18(19)14-17(16-10-6-3-7-11-16)13-12-15-8-4-2-5-9-15/h2-11,13H,12,14H2,1H3/b17-13+. The summed E-state index contributed by atoms with van der Waals surface area (Å²) in [6, 6.07) is 20.1. The van der Waals surface area contributed by atoms with E-state index in [1.165, 1.54) is 12.7 Å². The molecule has 20 heavy (non-hydrogen) atoms. The van der Waals surface area contributed by atoms with Crippen molar-refractivity contribution in [2.24, 2.45) is 0 Å². The van der Waals surface area contributed by atoms with Crippen LogP contribution in [0.4, 0.5) is 0 Å². The minimum absolute atomic E-state index is 0.215. The molecule has 0 fully saturated rings. The van der Waals surface area contributed by atoms with Crippen LogP contribution in [0.3, 0.4) is 0 Å². The van der Waals surface area contributed by atoms with E-state index >= 15 is 0 Å². The maximum atomic E-state index is 11.5. The first kappa shape index (κ1) is 14.1. The first-order valence-electron chi connectivity index (χ1n) is 6.65. The molecule has 0 aromatic heterocycles. The summed E-state index contributed by atoms with van der Waals surface area (Å²) in [6.07, 6.45) is 3.21. The van der Waals surface area contributed by atoms with Crippen LogP contribution in [-0.2, 0) is 16.0 Å². The quantitative estimate of drug-likeness (QED) is 0.768. The van der Waals surface area contributed by atoms with E-state index in [1.54, 1.807) is 0 Å². The Labute approximate surface area is 119 Å². The van der Waals surface area contributed by atoms with Crippen LogP contribution in [0.25, 0.3) is 5.57 Å². The second-order valence-corrected chi connectivity index (χ2v) is 4.54. The largest absolute Gasteiger partial charge is 0.469 e. The molecule has 0 amide bonds. The van der Waals surface area contributed by atoms with E-state index in [1.807, 2.05) is 48.5 Å². The van der Waals surface area contributed by atoms with Gasteiger partial charge in [0.25, 0.3) is 0 Å². The minimum atomic E-state index is -0.215. The highest BCUT2D eigenvalue weighted by molar-refractivity contribution is 5.85. The van der Waals surface area contributed by atoms with Gasteiger partial charge in [-0.3, -0.25) is 4.79 Å². The maximum absolute atomic E-state index is 11.5. The lowest BCUT2D eigenvalue weighted by atomic mass is 10.00. The summed E-state index contributed by atoms with van der Waals surface area (Å²) >= 11 is 0. The highest BCUT2D eigenvalue weighted by atomic mass is 16.5. The molecule has 0 heterocycles. The van der Waals surface area contributed by atoms with Gasteiger partial charge in [-0.1, -0.05) is 66.7 Å². The van der Waals surface area contributed by atoms with Crippen molar-refractivity contribution in [3.63, 3.8) is 0 Å². The van der Waals surface area contributed by atoms with Gasteiger partial charge in [-0.15, -0.1) is 0 Å². The number of carbonyl (C=O) groups is 1. The molecule has 2 aromatic rings. The van der Waals surface area contributed by atoms with Crippen LogP contribution in [0, 0.1) is 0 Å². The molecule has 2 aromatic carbocycles. The molecule has 0 bridgehead atoms. The number of hydrogen-bond donors (Lipinski definition) is 0. The average molecular weight is 266 g/mol. The molecule has 102 valence electrons. The number of benzene rings is 2. The molecular weight excluding hydrogens is 248 g/mol. The molecule has 0 N–H and O–H groups in total. The first-order valence-corrected chi connectivity index (χ1v) is 6.65. The fourth-order valence-electron chi connectivity index (χ4n) is 2.03. The number of allylic oxidation sites excluding steroid dienone is 1. The Kier molecular flexibility index (Phi) is 5.13. The van der Waals surface area contributed by atoms with Gasteiger partial charge < -0.3 is 4.74 Å². The smallest absolute Gasteiger partial charge is 0.309 e. The van der Waals surface area contributed by atoms with Crippen molar-refractivity contribution < 1.29 is 9.53 Å². The molecule has 0 aliphatic carbocycles. The number of carbonyl (C=O) groups excluding carboxylic acids is 1. The third kappa shape index (κ3) is 4.09. The predicted molar refractivity (Wildman–Crippen MR) is 81.2 cm³/mol. The summed E-state index contributed by atoms with van der Waals surface area (Å²) in [5, 5.41) is 0. The molecule has 0 aliphatic rings. The summed E-state index contributed by atoms with van der Waals surface area (Å²) in [6.45, 7) is 0. The summed E-state index contributed by atoms with van der Waals surface area (Å²) in [7, 11) is 1.42. The van der Waals surface area contributed by atoms with Crippen LogP contribution in [0.2, 0.25) is 0 Å². The van der Waals surface area contributed by atoms with Crippen molar-refractivity contribution in [2.75, 3.05) is 7.11 Å². The van der Waals surface area contributed by atoms with Crippen molar-refractivity contribution in [3.8, 4) is 0 Å². The third-order valence-electron chi connectivity index (χ3n) is 3.13. The Morgan fingerprint density at radius 1 is 1.00 bits per heavy atom. The van der Waals surface area contributed by atoms with Crippen LogP contribution in [0.1, 0.15) is 17.5 Å². The zero-order chi connectivity index (χ0) is 14.2. The lowest BCUT2D eigenvalue weighted by Gasteiger charge is -2.07. The van der Waals surface area contributed by atoms with E-state index in [9.17, 15) is 4.79 Å². The van der Waals surface area contributed by atoms with Gasteiger partial charge in [-0.2, -0.15) is 0 Å². The van der Waals surface area contributed by atoms with Crippen LogP contribution in [-0.4, -0.2) is 13.1 Å². The Bertz CT molecular complexity index is 571. The molecule has 0 spiro atoms. The topological polar surface area (TPSA) is 26.3 Å². The Morgan fingerprint density at radius 2 is 1.60 bits per heavy atom. The number of methoxy groups -OCH3 is 1. The van der Waals surface area contributed by atoms with Gasteiger partial charge in [0.2, 0.25) is 0 Å². The Balaban J connectivity index is 2.20. The second kappa shape index (κ2) is 7.29. The van der Waals surface area contributed by atoms with Crippen molar-refractivity contribution >= 4 is 11.5 Å². The van der Waals surface area contributed by atoms with Gasteiger partial charge in [-0.25, -0.2) is 0 Å². The maximum Gasteiger partial charge on any atom is 0.309 e. The van der Waals surface area contributed by atoms with Crippen LogP contribution in [0.15, 0.2) is 66.7 Å². The minimum Gasteiger partial charge on any atom is -0.469 e. The molecular formula is C18H18O2. The Hall–Kier alpha value is -2.35. The fraction of sp³-hybridized carbons (Fsp3) is 0.167. The van der Waals surface area contributed by atoms with E-state index in [-0.39, 0.29) is 5.97 Å². The summed E-state index contributed by atoms with van der Waals surface area (Å²) in [4.78, 5) is 11.5. The van der Waals surface area contributed by atoms with E-state index in [2.05, 4.69) is 18.2 Å². The van der Waals surface area contributed by atoms with E-state index < -0.39 is 0 Å². The normalized spacial score (nSPS) is 11.2. The van der Waals surface area contributed by atoms with Crippen molar-refractivity contribution in [1.29, 1.82) is 0 Å². The number of esters is 1. The molecule has 0 radical (unpaired) electrons. The summed E-state index contributed by atoms with van der Waals surface area (Å²) in [5.41, 5.74) is 3.29. The molecule has 2 heteroatoms. The molecule has 0 aliphatic heterocycles. The Morgan fingerprint density at radius 3 is 2.20 bits per heavy atom. The highest BCUT2D eigenvalue weighted by Gasteiger charge is 2.07. The van der Waals surface area contributed by atoms with Crippen molar-refractivity contribution in [3.05, 3.63) is 77.9 Å². The van der Waals surface area contributed by atoms with Gasteiger partial charge in [0.1, 0.15) is 0 Å². The second-order valence-electron chi connectivity index (χ2n) is 4.54. The fourth-order valence-corrected chi connectivity index (χ4v) is 2.03. The zero-order valence-corrected chi connectivity index (χ0v) is 11.6. The lowest BCUT2D eigenvalue weighted by Crippen LogP contribution is -2.02. The molecule has 2 rings (SSSR count). The van der Waals surface area contributed by atoms with Gasteiger partial charge >= 0.3 is 5.97 Å². The predicted octanol–water partition coefficient (Wildman–Crippen LogP) is 3.88. The summed E-state index contributed by atoms with van der Waals surface area (Å²) in [5.74, 6) is -0.215. The molecule has 0 saturated carbocycles. The highest BCUT2D eigenvalue weighted by Crippen LogP contribution is 2.19. The lowest BCUT2D eigenvalue weighted by molar-refractivity contribution is -0.139. The van der Waals surface area contributed by atoms with Gasteiger partial charge in [-0.05, 0) is 23.1 Å². The van der Waals surface area contributed by atoms with E-state index in [0.29, 0.717) is 6.42 Å². The van der Waals surface area contributed by atoms with E-state index in [4.69, 9.17) is 4.74 Å². The first-order chi connectivity index (χ1) is 9.79. The third-order valence-corrected chi connectivity index (χ3v) is 3.13. The summed E-state index contributed by atoms with van der Waals surface area (Å²) < 4.78 is 4.77. The molecule has 0 unspecified atom stereocenters.